The minimum atomic E-state index is -0.541. The Morgan fingerprint density at radius 1 is 1.15 bits per heavy atom. The van der Waals surface area contributed by atoms with Crippen LogP contribution in [0, 0.1) is 5.92 Å². The lowest BCUT2D eigenvalue weighted by Gasteiger charge is -2.36. The van der Waals surface area contributed by atoms with Gasteiger partial charge in [-0.3, -0.25) is 9.59 Å². The van der Waals surface area contributed by atoms with E-state index in [1.807, 2.05) is 49.1 Å². The van der Waals surface area contributed by atoms with Crippen LogP contribution in [0.3, 0.4) is 0 Å². The van der Waals surface area contributed by atoms with E-state index in [0.717, 1.165) is 5.56 Å². The van der Waals surface area contributed by atoms with Gasteiger partial charge in [0, 0.05) is 19.0 Å². The zero-order chi connectivity index (χ0) is 14.8. The second-order valence-electron chi connectivity index (χ2n) is 5.96. The first-order valence-corrected chi connectivity index (χ1v) is 7.07. The molecule has 1 heterocycles. The molecule has 0 saturated carbocycles. The Morgan fingerprint density at radius 2 is 1.70 bits per heavy atom. The summed E-state index contributed by atoms with van der Waals surface area (Å²) in [6.07, 6.45) is 1.35. The van der Waals surface area contributed by atoms with Gasteiger partial charge in [-0.05, 0) is 32.3 Å². The second kappa shape index (κ2) is 5.65. The monoisotopic (exact) mass is 274 g/mol. The van der Waals surface area contributed by atoms with Crippen molar-refractivity contribution >= 4 is 11.8 Å². The topological polar surface area (TPSA) is 63.4 Å². The fraction of sp³-hybridized carbons (Fsp3) is 0.500. The van der Waals surface area contributed by atoms with Crippen molar-refractivity contribution in [3.05, 3.63) is 35.9 Å². The lowest BCUT2D eigenvalue weighted by atomic mass is 9.82. The minimum Gasteiger partial charge on any atom is -0.369 e. The van der Waals surface area contributed by atoms with Crippen molar-refractivity contribution in [1.82, 2.24) is 4.90 Å². The summed E-state index contributed by atoms with van der Waals surface area (Å²) in [4.78, 5) is 25.7. The highest BCUT2D eigenvalue weighted by Gasteiger charge is 2.35. The lowest BCUT2D eigenvalue weighted by Crippen LogP contribution is -2.48. The molecular weight excluding hydrogens is 252 g/mol. The molecule has 0 aliphatic carbocycles. The Hall–Kier alpha value is -1.84. The number of piperidine rings is 1. The van der Waals surface area contributed by atoms with Gasteiger partial charge in [0.2, 0.25) is 11.8 Å². The Kier molecular flexibility index (Phi) is 4.12. The molecule has 4 heteroatoms. The van der Waals surface area contributed by atoms with Crippen LogP contribution in [0.1, 0.15) is 32.3 Å². The molecule has 0 radical (unpaired) electrons. The summed E-state index contributed by atoms with van der Waals surface area (Å²) in [5.41, 5.74) is 5.80. The highest BCUT2D eigenvalue weighted by Crippen LogP contribution is 2.28. The van der Waals surface area contributed by atoms with Crippen LogP contribution < -0.4 is 5.73 Å². The summed E-state index contributed by atoms with van der Waals surface area (Å²) < 4.78 is 0. The van der Waals surface area contributed by atoms with Crippen LogP contribution in [0.5, 0.6) is 0 Å². The van der Waals surface area contributed by atoms with Crippen LogP contribution in [-0.2, 0) is 15.0 Å². The molecule has 1 aliphatic rings. The van der Waals surface area contributed by atoms with Crippen LogP contribution in [0.4, 0.5) is 0 Å². The van der Waals surface area contributed by atoms with Crippen molar-refractivity contribution in [1.29, 1.82) is 0 Å². The van der Waals surface area contributed by atoms with Crippen molar-refractivity contribution in [2.45, 2.75) is 32.1 Å². The van der Waals surface area contributed by atoms with E-state index in [2.05, 4.69) is 0 Å². The maximum Gasteiger partial charge on any atom is 0.232 e. The number of carbonyl (C=O) groups is 2. The van der Waals surface area contributed by atoms with E-state index in [9.17, 15) is 9.59 Å². The summed E-state index contributed by atoms with van der Waals surface area (Å²) in [7, 11) is 0. The van der Waals surface area contributed by atoms with Gasteiger partial charge in [-0.2, -0.15) is 0 Å². The van der Waals surface area contributed by atoms with E-state index in [0.29, 0.717) is 25.9 Å². The van der Waals surface area contributed by atoms with E-state index in [-0.39, 0.29) is 17.7 Å². The standard InChI is InChI=1S/C16H22N2O2/c1-16(2,13-6-4-3-5-7-13)15(20)18-10-8-12(9-11-18)14(17)19/h3-7,12H,8-11H2,1-2H3,(H2,17,19). The molecule has 0 atom stereocenters. The van der Waals surface area contributed by atoms with Crippen molar-refractivity contribution in [3.63, 3.8) is 0 Å². The van der Waals surface area contributed by atoms with Crippen molar-refractivity contribution in [2.24, 2.45) is 11.7 Å². The first-order chi connectivity index (χ1) is 9.43. The molecular formula is C16H22N2O2. The number of hydrogen-bond acceptors (Lipinski definition) is 2. The number of amides is 2. The average molecular weight is 274 g/mol. The first kappa shape index (κ1) is 14.6. The Labute approximate surface area is 119 Å². The van der Waals surface area contributed by atoms with Gasteiger partial charge in [0.25, 0.3) is 0 Å². The second-order valence-corrected chi connectivity index (χ2v) is 5.96. The van der Waals surface area contributed by atoms with Crippen LogP contribution in [-0.4, -0.2) is 29.8 Å². The van der Waals surface area contributed by atoms with Gasteiger partial charge in [0.1, 0.15) is 0 Å². The van der Waals surface area contributed by atoms with Gasteiger partial charge < -0.3 is 10.6 Å². The number of nitrogens with zero attached hydrogens (tertiary/aromatic N) is 1. The molecule has 1 aromatic rings. The predicted molar refractivity (Wildman–Crippen MR) is 78.0 cm³/mol. The number of likely N-dealkylation sites (tertiary alicyclic amines) is 1. The van der Waals surface area contributed by atoms with Gasteiger partial charge in [0.15, 0.2) is 0 Å². The molecule has 0 aromatic heterocycles. The molecule has 0 spiro atoms. The number of hydrogen-bond donors (Lipinski definition) is 1. The summed E-state index contributed by atoms with van der Waals surface area (Å²) >= 11 is 0. The zero-order valence-corrected chi connectivity index (χ0v) is 12.1. The highest BCUT2D eigenvalue weighted by atomic mass is 16.2. The van der Waals surface area contributed by atoms with E-state index >= 15 is 0 Å². The summed E-state index contributed by atoms with van der Waals surface area (Å²) in [5, 5.41) is 0. The molecule has 1 saturated heterocycles. The molecule has 0 unspecified atom stereocenters. The smallest absolute Gasteiger partial charge is 0.232 e. The molecule has 2 amide bonds. The first-order valence-electron chi connectivity index (χ1n) is 7.07. The number of carbonyl (C=O) groups excluding carboxylic acids is 2. The van der Waals surface area contributed by atoms with Crippen molar-refractivity contribution < 1.29 is 9.59 Å². The van der Waals surface area contributed by atoms with Gasteiger partial charge in [-0.1, -0.05) is 30.3 Å². The summed E-state index contributed by atoms with van der Waals surface area (Å²) in [6, 6.07) is 9.80. The normalized spacial score (nSPS) is 17.0. The maximum atomic E-state index is 12.7. The Balaban J connectivity index is 2.07. The van der Waals surface area contributed by atoms with Crippen LogP contribution in [0.15, 0.2) is 30.3 Å². The summed E-state index contributed by atoms with van der Waals surface area (Å²) in [5.74, 6) is -0.218. The number of nitrogens with two attached hydrogens (primary N) is 1. The number of rotatable bonds is 3. The van der Waals surface area contributed by atoms with Crippen LogP contribution in [0.25, 0.3) is 0 Å². The fourth-order valence-electron chi connectivity index (χ4n) is 2.74. The van der Waals surface area contributed by atoms with Gasteiger partial charge >= 0.3 is 0 Å². The van der Waals surface area contributed by atoms with Gasteiger partial charge in [-0.25, -0.2) is 0 Å². The van der Waals surface area contributed by atoms with E-state index < -0.39 is 5.41 Å². The van der Waals surface area contributed by atoms with Crippen LogP contribution >= 0.6 is 0 Å². The quantitative estimate of drug-likeness (QED) is 0.911. The Bertz CT molecular complexity index is 488. The maximum absolute atomic E-state index is 12.7. The third-order valence-corrected chi connectivity index (χ3v) is 4.21. The van der Waals surface area contributed by atoms with Crippen molar-refractivity contribution in [2.75, 3.05) is 13.1 Å². The van der Waals surface area contributed by atoms with Crippen LogP contribution in [0.2, 0.25) is 0 Å². The summed E-state index contributed by atoms with van der Waals surface area (Å²) in [6.45, 7) is 5.13. The molecule has 4 nitrogen and oxygen atoms in total. The number of benzene rings is 1. The molecule has 2 N–H and O–H groups in total. The average Bonchev–Trinajstić information content (AvgIpc) is 2.47. The molecule has 1 aliphatic heterocycles. The highest BCUT2D eigenvalue weighted by molar-refractivity contribution is 5.87. The van der Waals surface area contributed by atoms with E-state index in [1.165, 1.54) is 0 Å². The minimum absolute atomic E-state index is 0.0844. The Morgan fingerprint density at radius 3 is 2.20 bits per heavy atom. The van der Waals surface area contributed by atoms with Gasteiger partial charge in [0.05, 0.1) is 5.41 Å². The van der Waals surface area contributed by atoms with E-state index in [4.69, 9.17) is 5.73 Å². The number of primary amides is 1. The molecule has 1 aromatic carbocycles. The van der Waals surface area contributed by atoms with Crippen molar-refractivity contribution in [3.8, 4) is 0 Å². The third-order valence-electron chi connectivity index (χ3n) is 4.21. The molecule has 1 fully saturated rings. The SMILES string of the molecule is CC(C)(C(=O)N1CCC(C(N)=O)CC1)c1ccccc1. The van der Waals surface area contributed by atoms with E-state index in [1.54, 1.807) is 0 Å². The molecule has 108 valence electrons. The van der Waals surface area contributed by atoms with Gasteiger partial charge in [-0.15, -0.1) is 0 Å². The lowest BCUT2D eigenvalue weighted by molar-refractivity contribution is -0.139. The predicted octanol–water partition coefficient (Wildman–Crippen LogP) is 1.69. The largest absolute Gasteiger partial charge is 0.369 e. The molecule has 20 heavy (non-hydrogen) atoms. The third kappa shape index (κ3) is 2.84. The molecule has 0 bridgehead atoms. The zero-order valence-electron chi connectivity index (χ0n) is 12.1. The molecule has 2 rings (SSSR count). The fourth-order valence-corrected chi connectivity index (χ4v) is 2.74.